The molecule has 1 aromatic carbocycles. The lowest BCUT2D eigenvalue weighted by Crippen LogP contribution is -2.45. The predicted molar refractivity (Wildman–Crippen MR) is 88.6 cm³/mol. The van der Waals surface area contributed by atoms with Crippen molar-refractivity contribution in [3.63, 3.8) is 0 Å². The Morgan fingerprint density at radius 1 is 1.19 bits per heavy atom. The van der Waals surface area contributed by atoms with E-state index in [0.29, 0.717) is 11.3 Å². The fraction of sp³-hybridized carbons (Fsp3) is 0.500. The van der Waals surface area contributed by atoms with Crippen molar-refractivity contribution in [3.05, 3.63) is 29.8 Å². The number of hydrogen-bond acceptors (Lipinski definition) is 3. The second-order valence-electron chi connectivity index (χ2n) is 6.13. The number of hydrogen-bond donors (Lipinski definition) is 5. The zero-order valence-corrected chi connectivity index (χ0v) is 14.1. The molecule has 10 heteroatoms. The van der Waals surface area contributed by atoms with E-state index < -0.39 is 30.9 Å². The number of aliphatic hydroxyl groups excluding tert-OH is 1. The number of carbonyl (C=O) groups is 2. The third kappa shape index (κ3) is 6.43. The van der Waals surface area contributed by atoms with Gasteiger partial charge in [0.1, 0.15) is 0 Å². The van der Waals surface area contributed by atoms with Crippen molar-refractivity contribution in [2.45, 2.75) is 44.1 Å². The van der Waals surface area contributed by atoms with Crippen molar-refractivity contribution >= 4 is 17.7 Å². The van der Waals surface area contributed by atoms with Gasteiger partial charge in [0.15, 0.2) is 6.10 Å². The molecule has 1 aliphatic rings. The summed E-state index contributed by atoms with van der Waals surface area (Å²) in [5.41, 5.74) is 1.28. The average molecular weight is 374 g/mol. The van der Waals surface area contributed by atoms with Gasteiger partial charge in [-0.15, -0.1) is 0 Å². The molecule has 7 nitrogen and oxygen atoms in total. The van der Waals surface area contributed by atoms with Crippen molar-refractivity contribution in [1.82, 2.24) is 16.0 Å². The van der Waals surface area contributed by atoms with E-state index in [-0.39, 0.29) is 12.1 Å². The van der Waals surface area contributed by atoms with Gasteiger partial charge in [-0.05, 0) is 37.5 Å². The molecule has 2 atom stereocenters. The second-order valence-corrected chi connectivity index (χ2v) is 6.13. The molecule has 1 aliphatic carbocycles. The van der Waals surface area contributed by atoms with E-state index in [2.05, 4.69) is 16.0 Å². The number of rotatable bonds is 6. The lowest BCUT2D eigenvalue weighted by Gasteiger charge is -2.18. The molecular weight excluding hydrogens is 353 g/mol. The van der Waals surface area contributed by atoms with E-state index in [1.807, 2.05) is 5.32 Å². The van der Waals surface area contributed by atoms with Crippen LogP contribution in [0.25, 0.3) is 0 Å². The maximum atomic E-state index is 12.2. The number of nitrogens with one attached hydrogen (secondary N) is 4. The summed E-state index contributed by atoms with van der Waals surface area (Å²) < 4.78 is 36.5. The number of halogens is 3. The minimum Gasteiger partial charge on any atom is -0.382 e. The molecule has 0 saturated heterocycles. The minimum absolute atomic E-state index is 0.243. The quantitative estimate of drug-likeness (QED) is 0.528. The molecule has 2 unspecified atom stereocenters. The van der Waals surface area contributed by atoms with Crippen LogP contribution in [-0.2, 0) is 0 Å². The molecule has 144 valence electrons. The highest BCUT2D eigenvalue weighted by Gasteiger charge is 2.38. The van der Waals surface area contributed by atoms with Gasteiger partial charge in [-0.2, -0.15) is 13.2 Å². The van der Waals surface area contributed by atoms with Crippen LogP contribution < -0.4 is 21.3 Å². The number of carbonyl (C=O) groups excluding carboxylic acids is 2. The van der Waals surface area contributed by atoms with Gasteiger partial charge in [0.25, 0.3) is 0 Å². The summed E-state index contributed by atoms with van der Waals surface area (Å²) in [6.45, 7) is 0.725. The molecule has 0 aliphatic heterocycles. The molecule has 0 aromatic heterocycles. The number of amides is 4. The Morgan fingerprint density at radius 2 is 1.81 bits per heavy atom. The SMILES string of the molecule is CC(NC(=O)NCC(O)C(F)(F)F)c1ccc(NC(=O)NC2CC2)cc1. The van der Waals surface area contributed by atoms with Crippen molar-refractivity contribution in [3.8, 4) is 0 Å². The first-order chi connectivity index (χ1) is 12.1. The third-order valence-electron chi connectivity index (χ3n) is 3.76. The van der Waals surface area contributed by atoms with E-state index in [4.69, 9.17) is 5.11 Å². The molecule has 1 fully saturated rings. The summed E-state index contributed by atoms with van der Waals surface area (Å²) in [6.07, 6.45) is -5.43. The van der Waals surface area contributed by atoms with Gasteiger partial charge in [0, 0.05) is 11.7 Å². The van der Waals surface area contributed by atoms with Crippen molar-refractivity contribution in [1.29, 1.82) is 0 Å². The monoisotopic (exact) mass is 374 g/mol. The first-order valence-electron chi connectivity index (χ1n) is 8.12. The fourth-order valence-electron chi connectivity index (χ4n) is 2.07. The summed E-state index contributed by atoms with van der Waals surface area (Å²) in [5, 5.41) is 18.7. The maximum absolute atomic E-state index is 12.2. The summed E-state index contributed by atoms with van der Waals surface area (Å²) in [6, 6.07) is 5.34. The van der Waals surface area contributed by atoms with Gasteiger partial charge in [0.05, 0.1) is 12.6 Å². The Labute approximate surface area is 148 Å². The molecule has 0 bridgehead atoms. The van der Waals surface area contributed by atoms with Crippen molar-refractivity contribution in [2.24, 2.45) is 0 Å². The van der Waals surface area contributed by atoms with Gasteiger partial charge in [0.2, 0.25) is 0 Å². The van der Waals surface area contributed by atoms with Crippen LogP contribution in [0.15, 0.2) is 24.3 Å². The number of benzene rings is 1. The Hall–Kier alpha value is -2.49. The zero-order valence-electron chi connectivity index (χ0n) is 14.1. The number of alkyl halides is 3. The van der Waals surface area contributed by atoms with Crippen LogP contribution in [-0.4, -0.2) is 42.0 Å². The smallest absolute Gasteiger partial charge is 0.382 e. The molecule has 1 aromatic rings. The zero-order chi connectivity index (χ0) is 19.3. The average Bonchev–Trinajstić information content (AvgIpc) is 3.36. The Morgan fingerprint density at radius 3 is 2.35 bits per heavy atom. The topological polar surface area (TPSA) is 102 Å². The van der Waals surface area contributed by atoms with Gasteiger partial charge in [-0.25, -0.2) is 9.59 Å². The van der Waals surface area contributed by atoms with Gasteiger partial charge < -0.3 is 26.4 Å². The fourth-order valence-corrected chi connectivity index (χ4v) is 2.07. The van der Waals surface area contributed by atoms with Crippen molar-refractivity contribution in [2.75, 3.05) is 11.9 Å². The molecule has 0 radical (unpaired) electrons. The highest BCUT2D eigenvalue weighted by Crippen LogP contribution is 2.20. The maximum Gasteiger partial charge on any atom is 0.416 e. The van der Waals surface area contributed by atoms with Gasteiger partial charge >= 0.3 is 18.2 Å². The van der Waals surface area contributed by atoms with Crippen LogP contribution in [0.3, 0.4) is 0 Å². The highest BCUT2D eigenvalue weighted by molar-refractivity contribution is 5.89. The molecule has 0 spiro atoms. The minimum atomic E-state index is -4.78. The lowest BCUT2D eigenvalue weighted by molar-refractivity contribution is -0.201. The molecule has 26 heavy (non-hydrogen) atoms. The molecule has 5 N–H and O–H groups in total. The largest absolute Gasteiger partial charge is 0.416 e. The van der Waals surface area contributed by atoms with Crippen LogP contribution in [0.1, 0.15) is 31.4 Å². The molecule has 0 heterocycles. The van der Waals surface area contributed by atoms with Crippen LogP contribution in [0.5, 0.6) is 0 Å². The molecule has 2 rings (SSSR count). The molecular formula is C16H21F3N4O3. The molecule has 1 saturated carbocycles. The number of aliphatic hydroxyl groups is 1. The normalized spacial score (nSPS) is 16.3. The first kappa shape index (κ1) is 19.8. The van der Waals surface area contributed by atoms with Crippen LogP contribution in [0.2, 0.25) is 0 Å². The summed E-state index contributed by atoms with van der Waals surface area (Å²) in [5.74, 6) is 0. The highest BCUT2D eigenvalue weighted by atomic mass is 19.4. The number of urea groups is 2. The van der Waals surface area contributed by atoms with E-state index in [9.17, 15) is 22.8 Å². The van der Waals surface area contributed by atoms with E-state index >= 15 is 0 Å². The van der Waals surface area contributed by atoms with Crippen LogP contribution in [0.4, 0.5) is 28.4 Å². The Kier molecular flexibility index (Phi) is 6.30. The lowest BCUT2D eigenvalue weighted by atomic mass is 10.1. The number of anilines is 1. The van der Waals surface area contributed by atoms with Gasteiger partial charge in [-0.3, -0.25) is 0 Å². The van der Waals surface area contributed by atoms with E-state index in [1.54, 1.807) is 31.2 Å². The van der Waals surface area contributed by atoms with E-state index in [1.165, 1.54) is 0 Å². The Bertz CT molecular complexity index is 633. The van der Waals surface area contributed by atoms with Crippen molar-refractivity contribution < 1.29 is 27.9 Å². The second kappa shape index (κ2) is 8.26. The van der Waals surface area contributed by atoms with Gasteiger partial charge in [-0.1, -0.05) is 12.1 Å². The molecule has 4 amide bonds. The third-order valence-corrected chi connectivity index (χ3v) is 3.76. The van der Waals surface area contributed by atoms with Crippen LogP contribution in [0, 0.1) is 0 Å². The first-order valence-corrected chi connectivity index (χ1v) is 8.12. The van der Waals surface area contributed by atoms with E-state index in [0.717, 1.165) is 12.8 Å². The summed E-state index contributed by atoms with van der Waals surface area (Å²) >= 11 is 0. The summed E-state index contributed by atoms with van der Waals surface area (Å²) in [7, 11) is 0. The Balaban J connectivity index is 1.78. The van der Waals surface area contributed by atoms with Crippen LogP contribution >= 0.6 is 0 Å². The summed E-state index contributed by atoms with van der Waals surface area (Å²) in [4.78, 5) is 23.2. The standard InChI is InChI=1S/C16H21F3N4O3/c1-9(21-14(25)20-8-13(24)16(17,18)19)10-2-4-11(5-3-10)22-15(26)23-12-6-7-12/h2-5,9,12-13,24H,6-8H2,1H3,(H2,20,21,25)(H2,22,23,26). The predicted octanol–water partition coefficient (Wildman–Crippen LogP) is 2.25.